The summed E-state index contributed by atoms with van der Waals surface area (Å²) < 4.78 is 4.97. The summed E-state index contributed by atoms with van der Waals surface area (Å²) in [6.45, 7) is 2.25. The van der Waals surface area contributed by atoms with E-state index < -0.39 is 0 Å². The molecule has 70 valence electrons. The molecule has 0 saturated carbocycles. The van der Waals surface area contributed by atoms with Crippen LogP contribution < -0.4 is 0 Å². The van der Waals surface area contributed by atoms with Gasteiger partial charge >= 0.3 is 0 Å². The average molecular weight is 178 g/mol. The van der Waals surface area contributed by atoms with Gasteiger partial charge in [-0.25, -0.2) is 0 Å². The van der Waals surface area contributed by atoms with Crippen molar-refractivity contribution in [2.75, 3.05) is 13.7 Å². The minimum atomic E-state index is 0.117. The van der Waals surface area contributed by atoms with E-state index in [0.29, 0.717) is 6.61 Å². The van der Waals surface area contributed by atoms with Crippen LogP contribution in [0.3, 0.4) is 0 Å². The number of Topliss-reactive ketones (excluding diaryl/α,β-unsaturated/α-hetero) is 1. The highest BCUT2D eigenvalue weighted by molar-refractivity contribution is 5.95. The monoisotopic (exact) mass is 178 g/mol. The molecule has 0 aliphatic carbocycles. The Bertz CT molecular complexity index is 292. The number of benzene rings is 1. The molecule has 2 nitrogen and oxygen atoms in total. The molecular formula is C11H14O2. The highest BCUT2D eigenvalue weighted by Crippen LogP contribution is 2.09. The van der Waals surface area contributed by atoms with Gasteiger partial charge in [0, 0.05) is 12.7 Å². The van der Waals surface area contributed by atoms with Crippen molar-refractivity contribution < 1.29 is 9.53 Å². The predicted octanol–water partition coefficient (Wildman–Crippen LogP) is 2.08. The van der Waals surface area contributed by atoms with Crippen LogP contribution in [0.5, 0.6) is 0 Å². The molecule has 0 atom stereocenters. The lowest BCUT2D eigenvalue weighted by atomic mass is 10.0. The maximum atomic E-state index is 11.2. The first-order chi connectivity index (χ1) is 6.25. The van der Waals surface area contributed by atoms with Crippen LogP contribution in [0.4, 0.5) is 0 Å². The quantitative estimate of drug-likeness (QED) is 0.660. The maximum Gasteiger partial charge on any atom is 0.160 e. The Kier molecular flexibility index (Phi) is 3.65. The Hall–Kier alpha value is -1.15. The smallest absolute Gasteiger partial charge is 0.160 e. The molecule has 0 bridgehead atoms. The molecule has 0 unspecified atom stereocenters. The fourth-order valence-corrected chi connectivity index (χ4v) is 1.29. The normalized spacial score (nSPS) is 10.0. The van der Waals surface area contributed by atoms with Crippen LogP contribution in [0.2, 0.25) is 0 Å². The third kappa shape index (κ3) is 2.67. The first kappa shape index (κ1) is 9.93. The second kappa shape index (κ2) is 4.77. The van der Waals surface area contributed by atoms with E-state index in [4.69, 9.17) is 4.74 Å². The number of carbonyl (C=O) groups is 1. The van der Waals surface area contributed by atoms with Crippen LogP contribution in [-0.2, 0) is 11.2 Å². The maximum absolute atomic E-state index is 11.2. The number of carbonyl (C=O) groups excluding carboxylic acids is 1. The Morgan fingerprint density at radius 2 is 2.08 bits per heavy atom. The third-order valence-corrected chi connectivity index (χ3v) is 1.97. The van der Waals surface area contributed by atoms with E-state index in [2.05, 4.69) is 0 Å². The minimum absolute atomic E-state index is 0.117. The Morgan fingerprint density at radius 3 is 2.69 bits per heavy atom. The third-order valence-electron chi connectivity index (χ3n) is 1.97. The van der Waals surface area contributed by atoms with E-state index in [-0.39, 0.29) is 5.78 Å². The Morgan fingerprint density at radius 1 is 1.38 bits per heavy atom. The van der Waals surface area contributed by atoms with Gasteiger partial charge < -0.3 is 4.74 Å². The highest BCUT2D eigenvalue weighted by atomic mass is 16.5. The van der Waals surface area contributed by atoms with E-state index in [1.165, 1.54) is 0 Å². The minimum Gasteiger partial charge on any atom is -0.384 e. The molecule has 2 heteroatoms. The van der Waals surface area contributed by atoms with Crippen LogP contribution in [0, 0.1) is 0 Å². The summed E-state index contributed by atoms with van der Waals surface area (Å²) in [6.07, 6.45) is 0.798. The van der Waals surface area contributed by atoms with Gasteiger partial charge in [-0.1, -0.05) is 24.3 Å². The molecular weight excluding hydrogens is 164 g/mol. The zero-order chi connectivity index (χ0) is 9.68. The number of ether oxygens (including phenoxy) is 1. The molecule has 0 aromatic heterocycles. The molecule has 0 saturated heterocycles. The van der Waals surface area contributed by atoms with E-state index in [1.54, 1.807) is 14.0 Å². The van der Waals surface area contributed by atoms with Gasteiger partial charge in [-0.3, -0.25) is 4.79 Å². The average Bonchev–Trinajstić information content (AvgIpc) is 2.15. The molecule has 13 heavy (non-hydrogen) atoms. The Balaban J connectivity index is 2.84. The second-order valence-electron chi connectivity index (χ2n) is 2.96. The second-order valence-corrected chi connectivity index (χ2v) is 2.96. The lowest BCUT2D eigenvalue weighted by molar-refractivity contribution is 0.101. The van der Waals surface area contributed by atoms with Crippen molar-refractivity contribution in [3.63, 3.8) is 0 Å². The van der Waals surface area contributed by atoms with Crippen LogP contribution in [0.25, 0.3) is 0 Å². The zero-order valence-electron chi connectivity index (χ0n) is 8.04. The van der Waals surface area contributed by atoms with Crippen LogP contribution in [-0.4, -0.2) is 19.5 Å². The van der Waals surface area contributed by atoms with Crippen molar-refractivity contribution in [2.45, 2.75) is 13.3 Å². The molecule has 0 aliphatic rings. The molecule has 0 fully saturated rings. The number of hydrogen-bond donors (Lipinski definition) is 0. The number of hydrogen-bond acceptors (Lipinski definition) is 2. The van der Waals surface area contributed by atoms with Crippen molar-refractivity contribution in [1.29, 1.82) is 0 Å². The molecule has 0 N–H and O–H groups in total. The lowest BCUT2D eigenvalue weighted by Gasteiger charge is -2.05. The Labute approximate surface area is 78.5 Å². The molecule has 0 radical (unpaired) electrons. The topological polar surface area (TPSA) is 26.3 Å². The zero-order valence-corrected chi connectivity index (χ0v) is 8.04. The van der Waals surface area contributed by atoms with E-state index in [1.807, 2.05) is 24.3 Å². The molecule has 1 rings (SSSR count). The lowest BCUT2D eigenvalue weighted by Crippen LogP contribution is -2.02. The van der Waals surface area contributed by atoms with E-state index >= 15 is 0 Å². The molecule has 0 aliphatic heterocycles. The molecule has 1 aromatic rings. The molecule has 0 spiro atoms. The van der Waals surface area contributed by atoms with E-state index in [9.17, 15) is 4.79 Å². The summed E-state index contributed by atoms with van der Waals surface area (Å²) in [5, 5.41) is 0. The van der Waals surface area contributed by atoms with Gasteiger partial charge in [0.25, 0.3) is 0 Å². The van der Waals surface area contributed by atoms with Crippen LogP contribution in [0.1, 0.15) is 22.8 Å². The van der Waals surface area contributed by atoms with Crippen molar-refractivity contribution >= 4 is 5.78 Å². The van der Waals surface area contributed by atoms with Crippen LogP contribution >= 0.6 is 0 Å². The first-order valence-electron chi connectivity index (χ1n) is 4.33. The van der Waals surface area contributed by atoms with Gasteiger partial charge in [-0.05, 0) is 18.9 Å². The van der Waals surface area contributed by atoms with Gasteiger partial charge in [-0.2, -0.15) is 0 Å². The van der Waals surface area contributed by atoms with Crippen molar-refractivity contribution in [3.8, 4) is 0 Å². The van der Waals surface area contributed by atoms with Gasteiger partial charge in [-0.15, -0.1) is 0 Å². The number of ketones is 1. The number of rotatable bonds is 4. The molecule has 1 aromatic carbocycles. The summed E-state index contributed by atoms with van der Waals surface area (Å²) in [6, 6.07) is 7.65. The summed E-state index contributed by atoms with van der Waals surface area (Å²) >= 11 is 0. The largest absolute Gasteiger partial charge is 0.384 e. The SMILES string of the molecule is COCCc1ccccc1C(C)=O. The summed E-state index contributed by atoms with van der Waals surface area (Å²) in [4.78, 5) is 11.2. The highest BCUT2D eigenvalue weighted by Gasteiger charge is 2.04. The van der Waals surface area contributed by atoms with Crippen molar-refractivity contribution in [1.82, 2.24) is 0 Å². The van der Waals surface area contributed by atoms with Gasteiger partial charge in [0.05, 0.1) is 6.61 Å². The van der Waals surface area contributed by atoms with Crippen LogP contribution in [0.15, 0.2) is 24.3 Å². The van der Waals surface area contributed by atoms with Gasteiger partial charge in [0.15, 0.2) is 5.78 Å². The first-order valence-corrected chi connectivity index (χ1v) is 4.33. The van der Waals surface area contributed by atoms with Crippen molar-refractivity contribution in [2.24, 2.45) is 0 Å². The fraction of sp³-hybridized carbons (Fsp3) is 0.364. The standard InChI is InChI=1S/C11H14O2/c1-9(12)11-6-4-3-5-10(11)7-8-13-2/h3-6H,7-8H2,1-2H3. The molecule has 0 heterocycles. The van der Waals surface area contributed by atoms with E-state index in [0.717, 1.165) is 17.5 Å². The summed E-state index contributed by atoms with van der Waals surface area (Å²) in [7, 11) is 1.66. The van der Waals surface area contributed by atoms with Crippen molar-refractivity contribution in [3.05, 3.63) is 35.4 Å². The van der Waals surface area contributed by atoms with Gasteiger partial charge in [0.2, 0.25) is 0 Å². The summed E-state index contributed by atoms with van der Waals surface area (Å²) in [5.74, 6) is 0.117. The fourth-order valence-electron chi connectivity index (χ4n) is 1.29. The predicted molar refractivity (Wildman–Crippen MR) is 52.0 cm³/mol. The number of methoxy groups -OCH3 is 1. The molecule has 0 amide bonds. The van der Waals surface area contributed by atoms with Gasteiger partial charge in [0.1, 0.15) is 0 Å². The summed E-state index contributed by atoms with van der Waals surface area (Å²) in [5.41, 5.74) is 1.87.